The Labute approximate surface area is 224 Å². The smallest absolute Gasteiger partial charge is 0.290 e. The summed E-state index contributed by atoms with van der Waals surface area (Å²) in [7, 11) is 0. The highest BCUT2D eigenvalue weighted by Gasteiger charge is 2.26. The molecule has 192 valence electrons. The van der Waals surface area contributed by atoms with Gasteiger partial charge in [0.2, 0.25) is 5.95 Å². The predicted molar refractivity (Wildman–Crippen MR) is 149 cm³/mol. The van der Waals surface area contributed by atoms with E-state index >= 15 is 0 Å². The Hall–Kier alpha value is -4.02. The molecule has 10 heteroatoms. The zero-order valence-electron chi connectivity index (χ0n) is 20.7. The third kappa shape index (κ3) is 5.32. The molecular weight excluding hydrogens is 498 g/mol. The molecule has 2 saturated heterocycles. The molecule has 0 aliphatic carbocycles. The second kappa shape index (κ2) is 10.8. The van der Waals surface area contributed by atoms with Gasteiger partial charge in [0.25, 0.3) is 11.1 Å². The Morgan fingerprint density at radius 3 is 2.82 bits per heavy atom. The number of amides is 2. The molecule has 2 aliphatic heterocycles. The van der Waals surface area contributed by atoms with Crippen LogP contribution in [0, 0.1) is 5.92 Å². The summed E-state index contributed by atoms with van der Waals surface area (Å²) in [6.45, 7) is 3.44. The summed E-state index contributed by atoms with van der Waals surface area (Å²) in [5.74, 6) is 0.839. The van der Waals surface area contributed by atoms with Gasteiger partial charge in [-0.1, -0.05) is 12.1 Å². The van der Waals surface area contributed by atoms with Crippen molar-refractivity contribution in [2.75, 3.05) is 24.5 Å². The molecule has 0 saturated carbocycles. The highest BCUT2D eigenvalue weighted by atomic mass is 32.2. The monoisotopic (exact) mass is 525 g/mol. The van der Waals surface area contributed by atoms with Crippen molar-refractivity contribution < 1.29 is 9.59 Å². The van der Waals surface area contributed by atoms with Gasteiger partial charge in [-0.3, -0.25) is 19.9 Å². The van der Waals surface area contributed by atoms with Crippen LogP contribution in [0.5, 0.6) is 0 Å². The van der Waals surface area contributed by atoms with E-state index in [-0.39, 0.29) is 11.1 Å². The summed E-state index contributed by atoms with van der Waals surface area (Å²) in [4.78, 5) is 42.8. The van der Waals surface area contributed by atoms with Gasteiger partial charge in [-0.05, 0) is 79.0 Å². The summed E-state index contributed by atoms with van der Waals surface area (Å²) >= 11 is 0.892. The van der Waals surface area contributed by atoms with Crippen LogP contribution >= 0.6 is 11.8 Å². The number of hydrogen-bond acceptors (Lipinski definition) is 8. The number of pyridine rings is 1. The molecule has 3 aromatic heterocycles. The fraction of sp³-hybridized carbons (Fsp3) is 0.250. The maximum absolute atomic E-state index is 11.8. The lowest BCUT2D eigenvalue weighted by molar-refractivity contribution is -0.115. The second-order valence-corrected chi connectivity index (χ2v) is 10.5. The Morgan fingerprint density at radius 1 is 1.08 bits per heavy atom. The van der Waals surface area contributed by atoms with Crippen LogP contribution < -0.4 is 15.5 Å². The van der Waals surface area contributed by atoms with Gasteiger partial charge in [0.15, 0.2) is 0 Å². The van der Waals surface area contributed by atoms with Crippen LogP contribution in [-0.2, 0) is 11.3 Å². The zero-order chi connectivity index (χ0) is 25.9. The molecule has 0 radical (unpaired) electrons. The Bertz CT molecular complexity index is 1520. The van der Waals surface area contributed by atoms with Gasteiger partial charge in [0.1, 0.15) is 0 Å². The Balaban J connectivity index is 1.03. The van der Waals surface area contributed by atoms with Crippen molar-refractivity contribution in [3.05, 3.63) is 77.2 Å². The summed E-state index contributed by atoms with van der Waals surface area (Å²) in [6, 6.07) is 14.4. The minimum absolute atomic E-state index is 0.353. The van der Waals surface area contributed by atoms with Gasteiger partial charge in [-0.2, -0.15) is 0 Å². The summed E-state index contributed by atoms with van der Waals surface area (Å²) < 4.78 is 0. The summed E-state index contributed by atoms with van der Waals surface area (Å²) in [6.07, 6.45) is 9.22. The molecular formula is C28H27N7O2S. The average molecular weight is 526 g/mol. The molecule has 0 spiro atoms. The van der Waals surface area contributed by atoms with Crippen LogP contribution in [0.4, 0.5) is 10.7 Å². The number of anilines is 1. The first-order chi connectivity index (χ1) is 18.6. The molecule has 0 unspecified atom stereocenters. The first-order valence-electron chi connectivity index (χ1n) is 12.7. The maximum Gasteiger partial charge on any atom is 0.290 e. The van der Waals surface area contributed by atoms with E-state index in [1.807, 2.05) is 18.5 Å². The molecule has 2 fully saturated rings. The number of H-pyrrole nitrogens is 1. The average Bonchev–Trinajstić information content (AvgIpc) is 3.54. The van der Waals surface area contributed by atoms with Crippen LogP contribution in [0.25, 0.3) is 28.2 Å². The highest BCUT2D eigenvalue weighted by molar-refractivity contribution is 8.18. The van der Waals surface area contributed by atoms with E-state index in [0.29, 0.717) is 22.5 Å². The van der Waals surface area contributed by atoms with E-state index in [0.717, 1.165) is 67.6 Å². The van der Waals surface area contributed by atoms with Gasteiger partial charge >= 0.3 is 0 Å². The number of carbonyl (C=O) groups is 2. The van der Waals surface area contributed by atoms with Gasteiger partial charge in [0.05, 0.1) is 16.3 Å². The first-order valence-corrected chi connectivity index (χ1v) is 13.5. The van der Waals surface area contributed by atoms with E-state index in [1.165, 1.54) is 10.9 Å². The maximum atomic E-state index is 11.8. The number of nitrogens with one attached hydrogen (secondary N) is 3. The lowest BCUT2D eigenvalue weighted by atomic mass is 9.96. The van der Waals surface area contributed by atoms with E-state index in [4.69, 9.17) is 0 Å². The zero-order valence-corrected chi connectivity index (χ0v) is 21.5. The molecule has 38 heavy (non-hydrogen) atoms. The topological polar surface area (TPSA) is 116 Å². The molecule has 6 rings (SSSR count). The lowest BCUT2D eigenvalue weighted by Gasteiger charge is -2.32. The quantitative estimate of drug-likeness (QED) is 0.305. The molecule has 0 atom stereocenters. The number of imide groups is 1. The van der Waals surface area contributed by atoms with Crippen LogP contribution in [0.3, 0.4) is 0 Å². The van der Waals surface area contributed by atoms with E-state index < -0.39 is 0 Å². The van der Waals surface area contributed by atoms with Crippen LogP contribution in [0.2, 0.25) is 0 Å². The van der Waals surface area contributed by atoms with Gasteiger partial charge in [-0.15, -0.1) is 0 Å². The molecule has 5 heterocycles. The standard InChI is InChI=1S/C28H27N7O2S/c36-26-24(38-28(37)34-26)15-22-6-11-32-27(33-22)35-12-7-18(8-13-35)16-29-17-21-2-1-9-31-25(21)20-3-4-23-19(14-20)5-10-30-23/h1-6,9-11,14-15,18,29-30H,7-8,12-13,16-17H2,(H,34,36,37)/b24-15+. The number of piperidine rings is 1. The third-order valence-corrected chi connectivity index (χ3v) is 7.76. The van der Waals surface area contributed by atoms with E-state index in [9.17, 15) is 9.59 Å². The summed E-state index contributed by atoms with van der Waals surface area (Å²) in [5.41, 5.74) is 5.08. The van der Waals surface area contributed by atoms with Gasteiger partial charge < -0.3 is 15.2 Å². The Kier molecular flexibility index (Phi) is 6.89. The fourth-order valence-electron chi connectivity index (χ4n) is 4.94. The normalized spacial score (nSPS) is 17.5. The van der Waals surface area contributed by atoms with Crippen molar-refractivity contribution in [3.63, 3.8) is 0 Å². The van der Waals surface area contributed by atoms with E-state index in [2.05, 4.69) is 65.8 Å². The largest absolute Gasteiger partial charge is 0.361 e. The molecule has 2 aliphatic rings. The lowest BCUT2D eigenvalue weighted by Crippen LogP contribution is -2.38. The van der Waals surface area contributed by atoms with Crippen molar-refractivity contribution in [3.8, 4) is 11.3 Å². The highest BCUT2D eigenvalue weighted by Crippen LogP contribution is 2.27. The van der Waals surface area contributed by atoms with Gasteiger partial charge in [-0.25, -0.2) is 9.97 Å². The molecule has 2 amide bonds. The number of benzene rings is 1. The number of thioether (sulfide) groups is 1. The second-order valence-electron chi connectivity index (χ2n) is 9.49. The number of fused-ring (bicyclic) bond motifs is 1. The molecule has 0 bridgehead atoms. The van der Waals surface area contributed by atoms with Crippen molar-refractivity contribution in [1.29, 1.82) is 0 Å². The molecule has 3 N–H and O–H groups in total. The molecule has 4 aromatic rings. The van der Waals surface area contributed by atoms with Crippen molar-refractivity contribution in [2.45, 2.75) is 19.4 Å². The number of rotatable bonds is 7. The van der Waals surface area contributed by atoms with Crippen molar-refractivity contribution >= 4 is 45.8 Å². The van der Waals surface area contributed by atoms with Crippen LogP contribution in [0.15, 0.2) is 66.0 Å². The van der Waals surface area contributed by atoms with E-state index in [1.54, 1.807) is 18.3 Å². The first kappa shape index (κ1) is 24.3. The number of hydrogen-bond donors (Lipinski definition) is 3. The third-order valence-electron chi connectivity index (χ3n) is 6.95. The number of nitrogens with zero attached hydrogens (tertiary/aromatic N) is 4. The molecule has 9 nitrogen and oxygen atoms in total. The number of aromatic nitrogens is 4. The van der Waals surface area contributed by atoms with Crippen LogP contribution in [-0.4, -0.2) is 50.7 Å². The minimum Gasteiger partial charge on any atom is -0.361 e. The number of aromatic amines is 1. The SMILES string of the molecule is O=C1NC(=O)/C(=C\c2ccnc(N3CCC(CNCc4cccnc4-c4ccc5[nH]ccc5c4)CC3)n2)S1. The Morgan fingerprint density at radius 2 is 1.97 bits per heavy atom. The summed E-state index contributed by atoms with van der Waals surface area (Å²) in [5, 5.41) is 6.75. The van der Waals surface area contributed by atoms with Crippen molar-refractivity contribution in [1.82, 2.24) is 30.6 Å². The fourth-order valence-corrected chi connectivity index (χ4v) is 5.61. The van der Waals surface area contributed by atoms with Crippen LogP contribution in [0.1, 0.15) is 24.1 Å². The van der Waals surface area contributed by atoms with Gasteiger partial charge in [0, 0.05) is 54.7 Å². The number of carbonyl (C=O) groups excluding carboxylic acids is 2. The molecule has 1 aromatic carbocycles. The van der Waals surface area contributed by atoms with Crippen molar-refractivity contribution in [2.24, 2.45) is 5.92 Å². The minimum atomic E-state index is -0.381. The predicted octanol–water partition coefficient (Wildman–Crippen LogP) is 4.35.